The van der Waals surface area contributed by atoms with Gasteiger partial charge in [0.25, 0.3) is 0 Å². The lowest BCUT2D eigenvalue weighted by Crippen LogP contribution is -2.51. The average molecular weight is 508 g/mol. The van der Waals surface area contributed by atoms with Crippen LogP contribution in [0, 0.1) is 5.92 Å². The standard InChI is InChI=1S/C26H41N3O7/c1-15(6-9-22-25(33)26(14-34-26)13-19(36-22)12-24(32)29-27)5-8-21-16(2)11-20(18(4)35-21)28-23(31)10-7-17(3)30/h5-7,9-10,16-22,25,30,33H,8,11-14,27H2,1-4H3,(H,28,31)(H,29,32)/t16-,17-,18+,19+,20+,21-,22+,25+,26+/m0/s1. The summed E-state index contributed by atoms with van der Waals surface area (Å²) in [6, 6.07) is -0.0939. The number of nitrogens with two attached hydrogens (primary N) is 1. The highest BCUT2D eigenvalue weighted by Gasteiger charge is 2.58. The smallest absolute Gasteiger partial charge is 0.244 e. The first-order valence-corrected chi connectivity index (χ1v) is 12.7. The zero-order valence-electron chi connectivity index (χ0n) is 21.6. The monoisotopic (exact) mass is 507 g/mol. The molecule has 0 radical (unpaired) electrons. The molecule has 10 nitrogen and oxygen atoms in total. The van der Waals surface area contributed by atoms with Crippen LogP contribution < -0.4 is 16.6 Å². The third-order valence-electron chi connectivity index (χ3n) is 7.15. The van der Waals surface area contributed by atoms with E-state index in [-0.39, 0.29) is 48.5 Å². The number of hydrogen-bond acceptors (Lipinski definition) is 8. The minimum atomic E-state index is -0.802. The Morgan fingerprint density at radius 1 is 1.25 bits per heavy atom. The van der Waals surface area contributed by atoms with E-state index in [2.05, 4.69) is 23.7 Å². The molecule has 3 aliphatic rings. The highest BCUT2D eigenvalue weighted by molar-refractivity contribution is 5.87. The number of rotatable bonds is 9. The number of carbonyl (C=O) groups excluding carboxylic acids is 2. The Balaban J connectivity index is 1.52. The molecular weight excluding hydrogens is 466 g/mol. The van der Waals surface area contributed by atoms with E-state index in [1.54, 1.807) is 6.92 Å². The van der Waals surface area contributed by atoms with Crippen LogP contribution in [0.1, 0.15) is 53.4 Å². The summed E-state index contributed by atoms with van der Waals surface area (Å²) in [4.78, 5) is 23.8. The number of hydrogen-bond donors (Lipinski definition) is 5. The Hall–Kier alpha value is -2.08. The molecule has 3 rings (SSSR count). The number of hydrazine groups is 1. The first-order valence-electron chi connectivity index (χ1n) is 12.7. The van der Waals surface area contributed by atoms with Crippen LogP contribution in [0.5, 0.6) is 0 Å². The fourth-order valence-electron chi connectivity index (χ4n) is 4.86. The Morgan fingerprint density at radius 3 is 2.61 bits per heavy atom. The van der Waals surface area contributed by atoms with E-state index in [0.717, 1.165) is 12.0 Å². The van der Waals surface area contributed by atoms with E-state index in [1.165, 1.54) is 12.2 Å². The largest absolute Gasteiger partial charge is 0.389 e. The second-order valence-corrected chi connectivity index (χ2v) is 10.3. The first-order chi connectivity index (χ1) is 17.0. The maximum Gasteiger partial charge on any atom is 0.244 e. The second-order valence-electron chi connectivity index (χ2n) is 10.3. The summed E-state index contributed by atoms with van der Waals surface area (Å²) < 4.78 is 17.7. The van der Waals surface area contributed by atoms with E-state index in [9.17, 15) is 19.8 Å². The summed E-state index contributed by atoms with van der Waals surface area (Å²) in [5, 5.41) is 23.0. The molecule has 1 spiro atoms. The van der Waals surface area contributed by atoms with Gasteiger partial charge in [-0.1, -0.05) is 36.8 Å². The minimum absolute atomic E-state index is 0.0170. The van der Waals surface area contributed by atoms with Gasteiger partial charge in [0.2, 0.25) is 11.8 Å². The van der Waals surface area contributed by atoms with Gasteiger partial charge in [-0.3, -0.25) is 15.0 Å². The predicted molar refractivity (Wildman–Crippen MR) is 133 cm³/mol. The molecule has 3 saturated heterocycles. The van der Waals surface area contributed by atoms with Gasteiger partial charge in [0.1, 0.15) is 17.8 Å². The van der Waals surface area contributed by atoms with Crippen molar-refractivity contribution in [1.29, 1.82) is 0 Å². The number of epoxide rings is 1. The number of ether oxygens (including phenoxy) is 3. The van der Waals surface area contributed by atoms with Crippen molar-refractivity contribution in [3.63, 3.8) is 0 Å². The van der Waals surface area contributed by atoms with Crippen molar-refractivity contribution >= 4 is 11.8 Å². The van der Waals surface area contributed by atoms with Crippen molar-refractivity contribution in [2.45, 2.75) is 102 Å². The normalized spacial score (nSPS) is 37.9. The fraction of sp³-hybridized carbons (Fsp3) is 0.692. The topological polar surface area (TPSA) is 156 Å². The van der Waals surface area contributed by atoms with Crippen molar-refractivity contribution < 1.29 is 34.0 Å². The van der Waals surface area contributed by atoms with E-state index in [1.807, 2.05) is 26.0 Å². The molecule has 2 amide bonds. The third-order valence-corrected chi connectivity index (χ3v) is 7.15. The van der Waals surface area contributed by atoms with Crippen LogP contribution in [0.3, 0.4) is 0 Å². The lowest BCUT2D eigenvalue weighted by molar-refractivity contribution is -0.145. The molecule has 3 fully saturated rings. The Labute approximate surface area is 212 Å². The molecule has 0 bridgehead atoms. The summed E-state index contributed by atoms with van der Waals surface area (Å²) in [6.07, 6.45) is 8.13. The van der Waals surface area contributed by atoms with Gasteiger partial charge < -0.3 is 29.7 Å². The van der Waals surface area contributed by atoms with E-state index < -0.39 is 23.9 Å². The molecule has 0 unspecified atom stereocenters. The highest BCUT2D eigenvalue weighted by atomic mass is 16.6. The summed E-state index contributed by atoms with van der Waals surface area (Å²) in [6.45, 7) is 8.08. The van der Waals surface area contributed by atoms with E-state index >= 15 is 0 Å². The molecule has 0 aromatic rings. The lowest BCUT2D eigenvalue weighted by atomic mass is 9.87. The van der Waals surface area contributed by atoms with Crippen LogP contribution in [0.2, 0.25) is 0 Å². The van der Waals surface area contributed by atoms with E-state index in [4.69, 9.17) is 20.1 Å². The lowest BCUT2D eigenvalue weighted by Gasteiger charge is -2.39. The van der Waals surface area contributed by atoms with Crippen molar-refractivity contribution in [1.82, 2.24) is 10.7 Å². The first kappa shape index (κ1) is 28.5. The van der Waals surface area contributed by atoms with Crippen LogP contribution in [0.4, 0.5) is 0 Å². The second kappa shape index (κ2) is 12.4. The predicted octanol–water partition coefficient (Wildman–Crippen LogP) is 0.782. The van der Waals surface area contributed by atoms with Crippen LogP contribution >= 0.6 is 0 Å². The molecule has 10 heteroatoms. The molecule has 3 aliphatic heterocycles. The summed E-state index contributed by atoms with van der Waals surface area (Å²) in [5.41, 5.74) is 2.47. The number of carbonyl (C=O) groups is 2. The SMILES string of the molecule is CC(C=C[C@H]1O[C@H](CC(=O)NN)C[C@@]2(CO2)[C@@H]1O)=CC[C@@H]1O[C@H](C)[C@H](NC(=O)C=C[C@H](C)O)C[C@@H]1C. The molecule has 36 heavy (non-hydrogen) atoms. The fourth-order valence-corrected chi connectivity index (χ4v) is 4.86. The maximum absolute atomic E-state index is 12.1. The number of aliphatic hydroxyl groups excluding tert-OH is 2. The van der Waals surface area contributed by atoms with Gasteiger partial charge in [-0.05, 0) is 39.5 Å². The van der Waals surface area contributed by atoms with Gasteiger partial charge in [-0.2, -0.15) is 0 Å². The molecule has 0 saturated carbocycles. The van der Waals surface area contributed by atoms with Gasteiger partial charge in [0.05, 0.1) is 43.5 Å². The van der Waals surface area contributed by atoms with Gasteiger partial charge in [-0.25, -0.2) is 5.84 Å². The Morgan fingerprint density at radius 2 is 1.97 bits per heavy atom. The maximum atomic E-state index is 12.1. The summed E-state index contributed by atoms with van der Waals surface area (Å²) in [5.74, 6) is 4.88. The van der Waals surface area contributed by atoms with Crippen molar-refractivity contribution in [3.05, 3.63) is 36.0 Å². The van der Waals surface area contributed by atoms with Crippen LogP contribution in [-0.2, 0) is 23.8 Å². The minimum Gasteiger partial charge on any atom is -0.389 e. The van der Waals surface area contributed by atoms with Crippen molar-refractivity contribution in [2.75, 3.05) is 6.61 Å². The van der Waals surface area contributed by atoms with Crippen molar-refractivity contribution in [3.8, 4) is 0 Å². The summed E-state index contributed by atoms with van der Waals surface area (Å²) in [7, 11) is 0. The Bertz CT molecular complexity index is 868. The Kier molecular flexibility index (Phi) is 9.85. The molecule has 202 valence electrons. The number of allylic oxidation sites excluding steroid dienone is 2. The number of aliphatic hydroxyl groups is 2. The van der Waals surface area contributed by atoms with Crippen LogP contribution in [-0.4, -0.2) is 76.9 Å². The van der Waals surface area contributed by atoms with Crippen molar-refractivity contribution in [2.24, 2.45) is 11.8 Å². The number of amides is 2. The molecule has 6 N–H and O–H groups in total. The van der Waals surface area contributed by atoms with Crippen LogP contribution in [0.25, 0.3) is 0 Å². The quantitative estimate of drug-likeness (QED) is 0.0766. The molecule has 0 aromatic carbocycles. The molecule has 3 heterocycles. The average Bonchev–Trinajstić information content (AvgIpc) is 3.60. The summed E-state index contributed by atoms with van der Waals surface area (Å²) >= 11 is 0. The molecule has 9 atom stereocenters. The third kappa shape index (κ3) is 7.71. The highest BCUT2D eigenvalue weighted by Crippen LogP contribution is 2.43. The zero-order chi connectivity index (χ0) is 26.5. The zero-order valence-corrected chi connectivity index (χ0v) is 21.6. The molecular formula is C26H41N3O7. The van der Waals surface area contributed by atoms with E-state index in [0.29, 0.717) is 19.4 Å². The molecule has 0 aromatic heterocycles. The molecule has 0 aliphatic carbocycles. The van der Waals surface area contributed by atoms with Crippen LogP contribution in [0.15, 0.2) is 36.0 Å². The van der Waals surface area contributed by atoms with Gasteiger partial charge >= 0.3 is 0 Å². The number of nitrogens with one attached hydrogen (secondary N) is 2. The van der Waals surface area contributed by atoms with Gasteiger partial charge in [0.15, 0.2) is 0 Å². The van der Waals surface area contributed by atoms with Gasteiger partial charge in [0, 0.05) is 12.5 Å². The van der Waals surface area contributed by atoms with Gasteiger partial charge in [-0.15, -0.1) is 0 Å².